The largest absolute Gasteiger partial charge is 0.342 e. The maximum atomic E-state index is 13.7. The molecule has 1 aliphatic heterocycles. The molecule has 0 bridgehead atoms. The van der Waals surface area contributed by atoms with Gasteiger partial charge in [-0.05, 0) is 46.5 Å². The minimum atomic E-state index is -0.670. The minimum Gasteiger partial charge on any atom is -0.342 e. The van der Waals surface area contributed by atoms with Crippen LogP contribution >= 0.6 is 15.9 Å². The highest BCUT2D eigenvalue weighted by Gasteiger charge is 2.44. The van der Waals surface area contributed by atoms with E-state index in [9.17, 15) is 14.0 Å². The van der Waals surface area contributed by atoms with Crippen LogP contribution < -0.4 is 10.2 Å². The Kier molecular flexibility index (Phi) is 4.10. The van der Waals surface area contributed by atoms with Crippen LogP contribution in [0.3, 0.4) is 0 Å². The number of nitrogens with zero attached hydrogens (tertiary/aromatic N) is 1. The molecule has 6 heteroatoms. The topological polar surface area (TPSA) is 49.4 Å². The number of hydrogen-bond acceptors (Lipinski definition) is 2. The van der Waals surface area contributed by atoms with Crippen LogP contribution in [0.4, 0.5) is 10.1 Å². The van der Waals surface area contributed by atoms with Gasteiger partial charge in [0.25, 0.3) is 5.91 Å². The third kappa shape index (κ3) is 2.95. The van der Waals surface area contributed by atoms with Crippen LogP contribution in [0.25, 0.3) is 0 Å². The molecule has 1 aromatic rings. The maximum Gasteiger partial charge on any atom is 0.250 e. The third-order valence-electron chi connectivity index (χ3n) is 3.59. The van der Waals surface area contributed by atoms with E-state index in [1.165, 1.54) is 17.0 Å². The number of piperazine rings is 1. The molecular formula is C15H18BrFN2O2. The highest BCUT2D eigenvalue weighted by atomic mass is 79.9. The SMILES string of the molecule is CC1C(=O)NC(C(C)(C)C)C(=O)N1c1ccc(Br)c(F)c1. The summed E-state index contributed by atoms with van der Waals surface area (Å²) in [5.41, 5.74) is -0.0312. The van der Waals surface area contributed by atoms with Gasteiger partial charge in [0.1, 0.15) is 17.9 Å². The maximum absolute atomic E-state index is 13.7. The summed E-state index contributed by atoms with van der Waals surface area (Å²) in [4.78, 5) is 26.2. The van der Waals surface area contributed by atoms with E-state index in [1.807, 2.05) is 20.8 Å². The van der Waals surface area contributed by atoms with E-state index in [0.717, 1.165) is 0 Å². The fraction of sp³-hybridized carbons (Fsp3) is 0.467. The number of amides is 2. The van der Waals surface area contributed by atoms with Crippen LogP contribution in [-0.2, 0) is 9.59 Å². The monoisotopic (exact) mass is 356 g/mol. The summed E-state index contributed by atoms with van der Waals surface area (Å²) in [6.45, 7) is 7.27. The first-order valence-electron chi connectivity index (χ1n) is 6.71. The molecule has 0 spiro atoms. The molecular weight excluding hydrogens is 339 g/mol. The second-order valence-corrected chi connectivity index (χ2v) is 7.14. The molecule has 0 saturated carbocycles. The lowest BCUT2D eigenvalue weighted by Gasteiger charge is -2.42. The van der Waals surface area contributed by atoms with Gasteiger partial charge in [-0.25, -0.2) is 4.39 Å². The van der Waals surface area contributed by atoms with Crippen molar-refractivity contribution in [3.05, 3.63) is 28.5 Å². The summed E-state index contributed by atoms with van der Waals surface area (Å²) in [6, 6.07) is 3.12. The lowest BCUT2D eigenvalue weighted by Crippen LogP contribution is -2.66. The predicted octanol–water partition coefficient (Wildman–Crippen LogP) is 2.85. The molecule has 2 unspecified atom stereocenters. The third-order valence-corrected chi connectivity index (χ3v) is 4.23. The molecule has 1 N–H and O–H groups in total. The van der Waals surface area contributed by atoms with Crippen molar-refractivity contribution in [2.24, 2.45) is 5.41 Å². The summed E-state index contributed by atoms with van der Waals surface area (Å²) in [6.07, 6.45) is 0. The first-order valence-corrected chi connectivity index (χ1v) is 7.50. The lowest BCUT2D eigenvalue weighted by molar-refractivity contribution is -0.136. The zero-order valence-electron chi connectivity index (χ0n) is 12.4. The van der Waals surface area contributed by atoms with Crippen molar-refractivity contribution in [2.45, 2.75) is 39.8 Å². The van der Waals surface area contributed by atoms with Crippen molar-refractivity contribution in [3.63, 3.8) is 0 Å². The summed E-state index contributed by atoms with van der Waals surface area (Å²) < 4.78 is 14.1. The molecule has 1 aliphatic rings. The zero-order valence-corrected chi connectivity index (χ0v) is 14.0. The molecule has 4 nitrogen and oxygen atoms in total. The van der Waals surface area contributed by atoms with Crippen molar-refractivity contribution in [1.29, 1.82) is 0 Å². The first kappa shape index (κ1) is 15.9. The van der Waals surface area contributed by atoms with Crippen molar-refractivity contribution < 1.29 is 14.0 Å². The highest BCUT2D eigenvalue weighted by molar-refractivity contribution is 9.10. The van der Waals surface area contributed by atoms with Gasteiger partial charge in [0.05, 0.1) is 4.47 Å². The number of anilines is 1. The standard InChI is InChI=1S/C15H18BrFN2O2/c1-8-13(20)18-12(15(2,3)4)14(21)19(8)9-5-6-10(16)11(17)7-9/h5-8,12H,1-4H3,(H,18,20). The van der Waals surface area contributed by atoms with Crippen molar-refractivity contribution in [3.8, 4) is 0 Å². The molecule has 0 radical (unpaired) electrons. The summed E-state index contributed by atoms with van der Waals surface area (Å²) >= 11 is 3.08. The highest BCUT2D eigenvalue weighted by Crippen LogP contribution is 2.30. The Morgan fingerprint density at radius 3 is 2.43 bits per heavy atom. The van der Waals surface area contributed by atoms with E-state index in [1.54, 1.807) is 13.0 Å². The Bertz CT molecular complexity index is 598. The molecule has 1 aromatic carbocycles. The van der Waals surface area contributed by atoms with Crippen LogP contribution in [0, 0.1) is 11.2 Å². The normalized spacial score (nSPS) is 23.2. The smallest absolute Gasteiger partial charge is 0.250 e. The van der Waals surface area contributed by atoms with E-state index in [-0.39, 0.29) is 11.8 Å². The predicted molar refractivity (Wildman–Crippen MR) is 82.4 cm³/mol. The van der Waals surface area contributed by atoms with Crippen LogP contribution in [0.2, 0.25) is 0 Å². The average molecular weight is 357 g/mol. The van der Waals surface area contributed by atoms with E-state index < -0.39 is 23.3 Å². The Balaban J connectivity index is 2.46. The summed E-state index contributed by atoms with van der Waals surface area (Å²) in [7, 11) is 0. The fourth-order valence-electron chi connectivity index (χ4n) is 2.34. The molecule has 1 fully saturated rings. The lowest BCUT2D eigenvalue weighted by atomic mass is 9.84. The van der Waals surface area contributed by atoms with Crippen molar-refractivity contribution in [2.75, 3.05) is 4.90 Å². The first-order chi connectivity index (χ1) is 9.62. The van der Waals surface area contributed by atoms with Crippen LogP contribution in [0.15, 0.2) is 22.7 Å². The molecule has 2 amide bonds. The van der Waals surface area contributed by atoms with Gasteiger partial charge in [-0.2, -0.15) is 0 Å². The molecule has 2 rings (SSSR count). The van der Waals surface area contributed by atoms with E-state index >= 15 is 0 Å². The number of carbonyl (C=O) groups is 2. The number of hydrogen-bond donors (Lipinski definition) is 1. The fourth-order valence-corrected chi connectivity index (χ4v) is 2.59. The Morgan fingerprint density at radius 1 is 1.29 bits per heavy atom. The number of nitrogens with one attached hydrogen (secondary N) is 1. The average Bonchev–Trinajstić information content (AvgIpc) is 2.37. The van der Waals surface area contributed by atoms with Gasteiger partial charge < -0.3 is 5.32 Å². The zero-order chi connectivity index (χ0) is 15.9. The second-order valence-electron chi connectivity index (χ2n) is 6.29. The van der Waals surface area contributed by atoms with Gasteiger partial charge in [-0.15, -0.1) is 0 Å². The van der Waals surface area contributed by atoms with E-state index in [0.29, 0.717) is 10.2 Å². The minimum absolute atomic E-state index is 0.226. The van der Waals surface area contributed by atoms with Gasteiger partial charge >= 0.3 is 0 Å². The Morgan fingerprint density at radius 2 is 1.90 bits per heavy atom. The quantitative estimate of drug-likeness (QED) is 0.840. The molecule has 1 saturated heterocycles. The van der Waals surface area contributed by atoms with Crippen molar-refractivity contribution in [1.82, 2.24) is 5.32 Å². The molecule has 0 aromatic heterocycles. The second kappa shape index (κ2) is 5.40. The van der Waals surface area contributed by atoms with E-state index in [2.05, 4.69) is 21.2 Å². The van der Waals surface area contributed by atoms with Gasteiger partial charge in [0.2, 0.25) is 5.91 Å². The van der Waals surface area contributed by atoms with Gasteiger partial charge in [-0.1, -0.05) is 20.8 Å². The van der Waals surface area contributed by atoms with Crippen LogP contribution in [-0.4, -0.2) is 23.9 Å². The number of rotatable bonds is 1. The molecule has 0 aliphatic carbocycles. The van der Waals surface area contributed by atoms with Gasteiger partial charge in [0.15, 0.2) is 0 Å². The molecule has 21 heavy (non-hydrogen) atoms. The summed E-state index contributed by atoms with van der Waals surface area (Å²) in [5.74, 6) is -0.931. The van der Waals surface area contributed by atoms with Crippen molar-refractivity contribution >= 4 is 33.4 Å². The number of halogens is 2. The Labute approximate surface area is 131 Å². The number of carbonyl (C=O) groups excluding carboxylic acids is 2. The van der Waals surface area contributed by atoms with E-state index in [4.69, 9.17) is 0 Å². The van der Waals surface area contributed by atoms with Gasteiger partial charge in [-0.3, -0.25) is 14.5 Å². The molecule has 2 atom stereocenters. The van der Waals surface area contributed by atoms with Crippen LogP contribution in [0.1, 0.15) is 27.7 Å². The molecule has 114 valence electrons. The number of benzene rings is 1. The van der Waals surface area contributed by atoms with Crippen LogP contribution in [0.5, 0.6) is 0 Å². The Hall–Kier alpha value is -1.43. The van der Waals surface area contributed by atoms with Gasteiger partial charge in [0, 0.05) is 5.69 Å². The summed E-state index contributed by atoms with van der Waals surface area (Å²) in [5, 5.41) is 2.75. The molecule has 1 heterocycles.